The zero-order valence-electron chi connectivity index (χ0n) is 11.4. The molecule has 1 heterocycles. The van der Waals surface area contributed by atoms with Crippen molar-refractivity contribution >= 4 is 21.8 Å². The molecule has 0 radical (unpaired) electrons. The van der Waals surface area contributed by atoms with E-state index < -0.39 is 23.2 Å². The van der Waals surface area contributed by atoms with Crippen LogP contribution in [0, 0.1) is 0 Å². The molecule has 21 heavy (non-hydrogen) atoms. The molecule has 1 aliphatic rings. The summed E-state index contributed by atoms with van der Waals surface area (Å²) in [6.07, 6.45) is -3.87. The SMILES string of the molecule is CC1(O)CCN(C(=O)c2ccc(Br)cc2C(F)(F)F)CC1. The molecular formula is C14H15BrF3NO2. The molecule has 0 atom stereocenters. The predicted molar refractivity (Wildman–Crippen MR) is 74.9 cm³/mol. The normalized spacial score (nSPS) is 18.7. The van der Waals surface area contributed by atoms with Gasteiger partial charge in [-0.3, -0.25) is 4.79 Å². The van der Waals surface area contributed by atoms with Gasteiger partial charge in [0.15, 0.2) is 0 Å². The Hall–Kier alpha value is -1.08. The average Bonchev–Trinajstić information content (AvgIpc) is 2.37. The fraction of sp³-hybridized carbons (Fsp3) is 0.500. The number of aliphatic hydroxyl groups is 1. The predicted octanol–water partition coefficient (Wildman–Crippen LogP) is 3.45. The number of amides is 1. The van der Waals surface area contributed by atoms with Crippen LogP contribution in [0.5, 0.6) is 0 Å². The number of benzene rings is 1. The summed E-state index contributed by atoms with van der Waals surface area (Å²) < 4.78 is 39.4. The Kier molecular flexibility index (Phi) is 4.35. The van der Waals surface area contributed by atoms with E-state index in [0.717, 1.165) is 6.07 Å². The largest absolute Gasteiger partial charge is 0.417 e. The second-order valence-electron chi connectivity index (χ2n) is 5.48. The van der Waals surface area contributed by atoms with Crippen molar-refractivity contribution in [2.24, 2.45) is 0 Å². The summed E-state index contributed by atoms with van der Waals surface area (Å²) in [5.74, 6) is -0.648. The number of hydrogen-bond donors (Lipinski definition) is 1. The average molecular weight is 366 g/mol. The second-order valence-corrected chi connectivity index (χ2v) is 6.39. The Balaban J connectivity index is 2.28. The molecule has 0 spiro atoms. The van der Waals surface area contributed by atoms with Crippen LogP contribution < -0.4 is 0 Å². The Morgan fingerprint density at radius 3 is 2.43 bits per heavy atom. The minimum absolute atomic E-state index is 0.249. The Bertz CT molecular complexity index is 548. The summed E-state index contributed by atoms with van der Waals surface area (Å²) >= 11 is 2.99. The highest BCUT2D eigenvalue weighted by atomic mass is 79.9. The van der Waals surface area contributed by atoms with E-state index in [2.05, 4.69) is 15.9 Å². The fourth-order valence-electron chi connectivity index (χ4n) is 2.30. The van der Waals surface area contributed by atoms with E-state index in [-0.39, 0.29) is 23.1 Å². The van der Waals surface area contributed by atoms with E-state index in [1.807, 2.05) is 0 Å². The van der Waals surface area contributed by atoms with Gasteiger partial charge >= 0.3 is 6.18 Å². The molecule has 2 rings (SSSR count). The lowest BCUT2D eigenvalue weighted by Crippen LogP contribution is -2.45. The molecule has 1 N–H and O–H groups in total. The number of hydrogen-bond acceptors (Lipinski definition) is 2. The molecule has 0 saturated carbocycles. The van der Waals surface area contributed by atoms with Gasteiger partial charge in [-0.2, -0.15) is 13.2 Å². The van der Waals surface area contributed by atoms with E-state index in [1.165, 1.54) is 17.0 Å². The van der Waals surface area contributed by atoms with Gasteiger partial charge in [-0.25, -0.2) is 0 Å². The lowest BCUT2D eigenvalue weighted by atomic mass is 9.93. The van der Waals surface area contributed by atoms with Crippen LogP contribution in [0.1, 0.15) is 35.7 Å². The number of halogens is 4. The van der Waals surface area contributed by atoms with Gasteiger partial charge in [0.05, 0.1) is 16.7 Å². The van der Waals surface area contributed by atoms with Crippen molar-refractivity contribution in [1.82, 2.24) is 4.90 Å². The van der Waals surface area contributed by atoms with Gasteiger partial charge in [0, 0.05) is 17.6 Å². The monoisotopic (exact) mass is 365 g/mol. The van der Waals surface area contributed by atoms with Gasteiger partial charge in [-0.15, -0.1) is 0 Å². The van der Waals surface area contributed by atoms with Crippen LogP contribution in [0.25, 0.3) is 0 Å². The van der Waals surface area contributed by atoms with E-state index in [4.69, 9.17) is 0 Å². The van der Waals surface area contributed by atoms with E-state index in [9.17, 15) is 23.1 Å². The highest BCUT2D eigenvalue weighted by molar-refractivity contribution is 9.10. The maximum atomic E-state index is 13.0. The van der Waals surface area contributed by atoms with Gasteiger partial charge in [0.2, 0.25) is 0 Å². The van der Waals surface area contributed by atoms with Crippen molar-refractivity contribution in [2.45, 2.75) is 31.5 Å². The Labute approximate surface area is 128 Å². The van der Waals surface area contributed by atoms with Gasteiger partial charge in [0.1, 0.15) is 0 Å². The Morgan fingerprint density at radius 1 is 1.33 bits per heavy atom. The summed E-state index contributed by atoms with van der Waals surface area (Å²) in [6, 6.07) is 3.51. The molecule has 116 valence electrons. The molecule has 1 aromatic carbocycles. The lowest BCUT2D eigenvalue weighted by molar-refractivity contribution is -0.138. The fourth-order valence-corrected chi connectivity index (χ4v) is 2.66. The Morgan fingerprint density at radius 2 is 1.90 bits per heavy atom. The van der Waals surface area contributed by atoms with E-state index in [1.54, 1.807) is 6.92 Å². The summed E-state index contributed by atoms with van der Waals surface area (Å²) in [7, 11) is 0. The number of nitrogens with zero attached hydrogens (tertiary/aromatic N) is 1. The first-order chi connectivity index (χ1) is 9.60. The van der Waals surface area contributed by atoms with Crippen molar-refractivity contribution in [2.75, 3.05) is 13.1 Å². The van der Waals surface area contributed by atoms with Crippen LogP contribution in [0.15, 0.2) is 22.7 Å². The number of carbonyl (C=O) groups is 1. The maximum absolute atomic E-state index is 13.0. The molecule has 0 bridgehead atoms. The van der Waals surface area contributed by atoms with Gasteiger partial charge in [-0.1, -0.05) is 15.9 Å². The first kappa shape index (κ1) is 16.3. The van der Waals surface area contributed by atoms with Crippen molar-refractivity contribution < 1.29 is 23.1 Å². The molecule has 3 nitrogen and oxygen atoms in total. The van der Waals surface area contributed by atoms with Gasteiger partial charge in [-0.05, 0) is 38.0 Å². The molecule has 0 unspecified atom stereocenters. The van der Waals surface area contributed by atoms with Crippen LogP contribution in [0.3, 0.4) is 0 Å². The minimum Gasteiger partial charge on any atom is -0.390 e. The molecule has 0 aliphatic carbocycles. The maximum Gasteiger partial charge on any atom is 0.417 e. The third kappa shape index (κ3) is 3.77. The quantitative estimate of drug-likeness (QED) is 0.827. The zero-order valence-corrected chi connectivity index (χ0v) is 13.0. The second kappa shape index (κ2) is 5.61. The minimum atomic E-state index is -4.59. The summed E-state index contributed by atoms with van der Waals surface area (Å²) in [4.78, 5) is 13.7. The van der Waals surface area contributed by atoms with Crippen molar-refractivity contribution in [1.29, 1.82) is 0 Å². The molecule has 0 aromatic heterocycles. The number of likely N-dealkylation sites (tertiary alicyclic amines) is 1. The van der Waals surface area contributed by atoms with Crippen molar-refractivity contribution in [3.8, 4) is 0 Å². The third-order valence-corrected chi connectivity index (χ3v) is 4.14. The summed E-state index contributed by atoms with van der Waals surface area (Å²) in [5.41, 5.74) is -2.16. The van der Waals surface area contributed by atoms with Crippen LogP contribution in [-0.4, -0.2) is 34.6 Å². The first-order valence-corrected chi connectivity index (χ1v) is 7.28. The summed E-state index contributed by atoms with van der Waals surface area (Å²) in [5, 5.41) is 9.84. The molecule has 1 saturated heterocycles. The van der Waals surface area contributed by atoms with Gasteiger partial charge < -0.3 is 10.0 Å². The lowest BCUT2D eigenvalue weighted by Gasteiger charge is -2.36. The molecule has 1 amide bonds. The highest BCUT2D eigenvalue weighted by Crippen LogP contribution is 2.35. The molecule has 1 fully saturated rings. The molecule has 1 aromatic rings. The van der Waals surface area contributed by atoms with Crippen molar-refractivity contribution in [3.05, 3.63) is 33.8 Å². The smallest absolute Gasteiger partial charge is 0.390 e. The standard InChI is InChI=1S/C14H15BrF3NO2/c1-13(21)4-6-19(7-5-13)12(20)10-3-2-9(15)8-11(10)14(16,17)18/h2-3,8,21H,4-7H2,1H3. The molecule has 1 aliphatic heterocycles. The zero-order chi connectivity index (χ0) is 15.8. The first-order valence-electron chi connectivity index (χ1n) is 6.48. The number of rotatable bonds is 1. The van der Waals surface area contributed by atoms with E-state index >= 15 is 0 Å². The van der Waals surface area contributed by atoms with Crippen LogP contribution in [0.2, 0.25) is 0 Å². The summed E-state index contributed by atoms with van der Waals surface area (Å²) in [6.45, 7) is 2.16. The van der Waals surface area contributed by atoms with Crippen LogP contribution in [0.4, 0.5) is 13.2 Å². The topological polar surface area (TPSA) is 40.5 Å². The number of carbonyl (C=O) groups excluding carboxylic acids is 1. The molecule has 7 heteroatoms. The van der Waals surface area contributed by atoms with Crippen LogP contribution >= 0.6 is 15.9 Å². The third-order valence-electron chi connectivity index (χ3n) is 3.65. The highest BCUT2D eigenvalue weighted by Gasteiger charge is 2.37. The van der Waals surface area contributed by atoms with Gasteiger partial charge in [0.25, 0.3) is 5.91 Å². The molecular weight excluding hydrogens is 351 g/mol. The van der Waals surface area contributed by atoms with E-state index in [0.29, 0.717) is 12.8 Å². The number of piperidine rings is 1. The van der Waals surface area contributed by atoms with Crippen molar-refractivity contribution in [3.63, 3.8) is 0 Å². The van der Waals surface area contributed by atoms with Crippen LogP contribution in [-0.2, 0) is 6.18 Å². The number of alkyl halides is 3.